The van der Waals surface area contributed by atoms with Gasteiger partial charge in [-0.15, -0.1) is 0 Å². The summed E-state index contributed by atoms with van der Waals surface area (Å²) in [4.78, 5) is 31.8. The van der Waals surface area contributed by atoms with E-state index in [1.165, 1.54) is 24.6 Å². The highest BCUT2D eigenvalue weighted by molar-refractivity contribution is 14.1. The Morgan fingerprint density at radius 3 is 2.54 bits per heavy atom. The van der Waals surface area contributed by atoms with Gasteiger partial charge in [0.05, 0.1) is 36.5 Å². The Kier molecular flexibility index (Phi) is 8.50. The Morgan fingerprint density at radius 2 is 1.83 bits per heavy atom. The number of carbonyl (C=O) groups is 1. The first-order valence-corrected chi connectivity index (χ1v) is 15.1. The molecule has 8 nitrogen and oxygen atoms in total. The molecule has 0 fully saturated rings. The van der Waals surface area contributed by atoms with Crippen LogP contribution in [0.2, 0.25) is 0 Å². The molecule has 0 radical (unpaired) electrons. The number of thiazole rings is 1. The van der Waals surface area contributed by atoms with Crippen molar-refractivity contribution in [2.45, 2.75) is 33.7 Å². The Morgan fingerprint density at radius 1 is 1.07 bits per heavy atom. The Bertz CT molecular complexity index is 1850. The molecule has 41 heavy (non-hydrogen) atoms. The van der Waals surface area contributed by atoms with Crippen LogP contribution in [0.15, 0.2) is 70.1 Å². The highest BCUT2D eigenvalue weighted by Crippen LogP contribution is 2.35. The van der Waals surface area contributed by atoms with E-state index < -0.39 is 12.0 Å². The van der Waals surface area contributed by atoms with Crippen molar-refractivity contribution in [2.75, 3.05) is 20.3 Å². The lowest BCUT2D eigenvalue weighted by molar-refractivity contribution is -0.136. The zero-order chi connectivity index (χ0) is 29.3. The molecule has 10 heteroatoms. The third-order valence-corrected chi connectivity index (χ3v) is 8.50. The lowest BCUT2D eigenvalue weighted by Crippen LogP contribution is -2.39. The van der Waals surface area contributed by atoms with Crippen LogP contribution in [0.1, 0.15) is 42.4 Å². The minimum Gasteiger partial charge on any atom is -0.490 e. The van der Waals surface area contributed by atoms with Crippen molar-refractivity contribution in [3.63, 3.8) is 0 Å². The molecular formula is C31H30IN3O5S. The van der Waals surface area contributed by atoms with E-state index >= 15 is 0 Å². The van der Waals surface area contributed by atoms with Crippen LogP contribution in [0.25, 0.3) is 11.8 Å². The maximum atomic E-state index is 14.0. The normalized spacial score (nSPS) is 14.7. The first kappa shape index (κ1) is 28.9. The average Bonchev–Trinajstić information content (AvgIpc) is 3.43. The summed E-state index contributed by atoms with van der Waals surface area (Å²) in [7, 11) is 1.32. The summed E-state index contributed by atoms with van der Waals surface area (Å²) < 4.78 is 22.0. The quantitative estimate of drug-likeness (QED) is 0.197. The molecule has 0 spiro atoms. The molecule has 1 aliphatic heterocycles. The minimum atomic E-state index is -0.741. The molecule has 3 heterocycles. The van der Waals surface area contributed by atoms with E-state index in [0.29, 0.717) is 39.6 Å². The van der Waals surface area contributed by atoms with Gasteiger partial charge >= 0.3 is 5.97 Å². The molecule has 5 rings (SSSR count). The molecule has 0 saturated heterocycles. The van der Waals surface area contributed by atoms with E-state index in [4.69, 9.17) is 14.2 Å². The maximum Gasteiger partial charge on any atom is 0.337 e. The molecular weight excluding hydrogens is 653 g/mol. The van der Waals surface area contributed by atoms with Crippen molar-refractivity contribution >= 4 is 46.0 Å². The van der Waals surface area contributed by atoms with Crippen molar-refractivity contribution in [3.8, 4) is 17.2 Å². The van der Waals surface area contributed by atoms with E-state index in [9.17, 15) is 9.59 Å². The van der Waals surface area contributed by atoms with Crippen molar-refractivity contribution in [3.05, 3.63) is 106 Å². The fraction of sp³-hybridized carbons (Fsp3) is 0.258. The second kappa shape index (κ2) is 12.1. The zero-order valence-corrected chi connectivity index (χ0v) is 26.4. The molecule has 0 bridgehead atoms. The number of aromatic nitrogens is 2. The standard InChI is InChI=1S/C31H30IN3O5S/c1-6-39-25-12-11-20(14-26(25)40-7-2)28-24(30(37)38-5)17-33-31-35(28)29(36)27(41-31)15-21-13-18(3)34(19(21)4)23-10-8-9-22(32)16-23/h8-17,28H,6-7H2,1-5H3/b27-15-/t28-/m1/s1. The smallest absolute Gasteiger partial charge is 0.337 e. The first-order valence-electron chi connectivity index (χ1n) is 13.2. The van der Waals surface area contributed by atoms with Gasteiger partial charge in [0, 0.05) is 26.8 Å². The molecule has 1 aliphatic rings. The predicted molar refractivity (Wildman–Crippen MR) is 168 cm³/mol. The predicted octanol–water partition coefficient (Wildman–Crippen LogP) is 4.83. The molecule has 2 aromatic heterocycles. The van der Waals surface area contributed by atoms with E-state index in [2.05, 4.69) is 63.3 Å². The molecule has 0 amide bonds. The Hall–Kier alpha value is -3.64. The molecule has 0 saturated carbocycles. The number of esters is 1. The number of hydrogen-bond acceptors (Lipinski definition) is 7. The highest BCUT2D eigenvalue weighted by Gasteiger charge is 2.31. The summed E-state index contributed by atoms with van der Waals surface area (Å²) in [5.41, 5.74) is 4.80. The molecule has 212 valence electrons. The summed E-state index contributed by atoms with van der Waals surface area (Å²) >= 11 is 3.60. The summed E-state index contributed by atoms with van der Waals surface area (Å²) in [5, 5.41) is 0. The van der Waals surface area contributed by atoms with Crippen molar-refractivity contribution < 1.29 is 19.0 Å². The van der Waals surface area contributed by atoms with Gasteiger partial charge in [-0.05, 0) is 104 Å². The molecule has 0 N–H and O–H groups in total. The van der Waals surface area contributed by atoms with E-state index in [1.807, 2.05) is 45.0 Å². The second-order valence-corrected chi connectivity index (χ2v) is 11.6. The van der Waals surface area contributed by atoms with Crippen molar-refractivity contribution in [1.29, 1.82) is 0 Å². The van der Waals surface area contributed by atoms with Gasteiger partial charge < -0.3 is 18.8 Å². The number of halogens is 1. The number of carbonyl (C=O) groups excluding carboxylic acids is 1. The molecule has 2 aromatic carbocycles. The van der Waals surface area contributed by atoms with Crippen LogP contribution in [0.4, 0.5) is 0 Å². The van der Waals surface area contributed by atoms with Gasteiger partial charge in [0.25, 0.3) is 5.56 Å². The van der Waals surface area contributed by atoms with Gasteiger partial charge in [-0.3, -0.25) is 9.36 Å². The van der Waals surface area contributed by atoms with Gasteiger partial charge in [-0.2, -0.15) is 0 Å². The van der Waals surface area contributed by atoms with Crippen LogP contribution in [0.5, 0.6) is 11.5 Å². The molecule has 0 unspecified atom stereocenters. The van der Waals surface area contributed by atoms with Crippen molar-refractivity contribution in [2.24, 2.45) is 4.99 Å². The molecule has 0 aliphatic carbocycles. The molecule has 4 aromatic rings. The highest BCUT2D eigenvalue weighted by atomic mass is 127. The third-order valence-electron chi connectivity index (χ3n) is 6.83. The number of ether oxygens (including phenoxy) is 3. The van der Waals surface area contributed by atoms with E-state index in [1.54, 1.807) is 10.6 Å². The Labute approximate surface area is 255 Å². The monoisotopic (exact) mass is 683 g/mol. The Balaban J connectivity index is 1.66. The van der Waals surface area contributed by atoms with Gasteiger partial charge in [0.15, 0.2) is 16.3 Å². The third kappa shape index (κ3) is 5.50. The number of benzene rings is 2. The number of nitrogens with zero attached hydrogens (tertiary/aromatic N) is 3. The second-order valence-electron chi connectivity index (χ2n) is 9.39. The fourth-order valence-corrected chi connectivity index (χ4v) is 6.56. The topological polar surface area (TPSA) is 84.0 Å². The summed E-state index contributed by atoms with van der Waals surface area (Å²) in [6.45, 7) is 8.80. The number of hydrogen-bond donors (Lipinski definition) is 0. The number of methoxy groups -OCH3 is 1. The minimum absolute atomic E-state index is 0.237. The lowest BCUT2D eigenvalue weighted by Gasteiger charge is -2.23. The lowest BCUT2D eigenvalue weighted by atomic mass is 9.97. The SMILES string of the molecule is CCOc1ccc([C@@H]2C(C(=O)OC)=CN=c3s/c(=C\c4cc(C)n(-c5cccc(I)c5)c4C)c(=O)n32)cc1OCC. The summed E-state index contributed by atoms with van der Waals surface area (Å²) in [6, 6.07) is 15.1. The van der Waals surface area contributed by atoms with Crippen LogP contribution in [-0.2, 0) is 9.53 Å². The van der Waals surface area contributed by atoms with E-state index in [0.717, 1.165) is 26.2 Å². The van der Waals surface area contributed by atoms with Crippen LogP contribution < -0.4 is 24.4 Å². The van der Waals surface area contributed by atoms with Gasteiger partial charge in [0.1, 0.15) is 0 Å². The van der Waals surface area contributed by atoms with Gasteiger partial charge in [-0.1, -0.05) is 23.5 Å². The fourth-order valence-electron chi connectivity index (χ4n) is 5.07. The zero-order valence-electron chi connectivity index (χ0n) is 23.4. The van der Waals surface area contributed by atoms with Crippen LogP contribution in [0, 0.1) is 17.4 Å². The van der Waals surface area contributed by atoms with Gasteiger partial charge in [0.2, 0.25) is 0 Å². The van der Waals surface area contributed by atoms with E-state index in [-0.39, 0.29) is 11.1 Å². The van der Waals surface area contributed by atoms with Gasteiger partial charge in [-0.25, -0.2) is 9.79 Å². The van der Waals surface area contributed by atoms with Crippen LogP contribution in [0.3, 0.4) is 0 Å². The molecule has 1 atom stereocenters. The summed E-state index contributed by atoms with van der Waals surface area (Å²) in [6.07, 6.45) is 3.39. The van der Waals surface area contributed by atoms with Crippen LogP contribution >= 0.6 is 33.9 Å². The largest absolute Gasteiger partial charge is 0.490 e. The van der Waals surface area contributed by atoms with Crippen LogP contribution in [-0.4, -0.2) is 35.4 Å². The number of rotatable bonds is 8. The maximum absolute atomic E-state index is 14.0. The number of fused-ring (bicyclic) bond motifs is 1. The average molecular weight is 684 g/mol. The number of aryl methyl sites for hydroxylation is 1. The first-order chi connectivity index (χ1) is 19.8. The summed E-state index contributed by atoms with van der Waals surface area (Å²) in [5.74, 6) is 0.580. The van der Waals surface area contributed by atoms with Crippen molar-refractivity contribution in [1.82, 2.24) is 9.13 Å².